The summed E-state index contributed by atoms with van der Waals surface area (Å²) in [6.45, 7) is 2.16. The van der Waals surface area contributed by atoms with Crippen LogP contribution in [0.25, 0.3) is 0 Å². The van der Waals surface area contributed by atoms with E-state index in [2.05, 4.69) is 10.2 Å². The van der Waals surface area contributed by atoms with E-state index in [1.165, 1.54) is 13.3 Å². The SMILES string of the molecule is CC(Cl)C(=O)NC(=O)N(C)CC1(N(C)C)CCC1. The zero-order valence-electron chi connectivity index (χ0n) is 11.5. The van der Waals surface area contributed by atoms with Crippen LogP contribution in [0.1, 0.15) is 26.2 Å². The Labute approximate surface area is 113 Å². The number of nitrogens with one attached hydrogen (secondary N) is 1. The van der Waals surface area contributed by atoms with E-state index in [1.807, 2.05) is 14.1 Å². The largest absolute Gasteiger partial charge is 0.326 e. The molecule has 0 saturated heterocycles. The summed E-state index contributed by atoms with van der Waals surface area (Å²) in [6.07, 6.45) is 3.35. The van der Waals surface area contributed by atoms with Gasteiger partial charge in [-0.25, -0.2) is 4.79 Å². The Balaban J connectivity index is 2.52. The first-order valence-corrected chi connectivity index (χ1v) is 6.59. The van der Waals surface area contributed by atoms with Crippen LogP contribution < -0.4 is 5.32 Å². The van der Waals surface area contributed by atoms with Crippen molar-refractivity contribution in [3.63, 3.8) is 0 Å². The summed E-state index contributed by atoms with van der Waals surface area (Å²) in [5.41, 5.74) is 0.0573. The maximum Gasteiger partial charge on any atom is 0.323 e. The summed E-state index contributed by atoms with van der Waals surface area (Å²) in [4.78, 5) is 26.9. The number of hydrogen-bond donors (Lipinski definition) is 1. The van der Waals surface area contributed by atoms with Gasteiger partial charge in [0.25, 0.3) is 0 Å². The zero-order chi connectivity index (χ0) is 13.9. The molecule has 1 aliphatic rings. The van der Waals surface area contributed by atoms with E-state index in [0.29, 0.717) is 6.54 Å². The van der Waals surface area contributed by atoms with Crippen LogP contribution in [-0.2, 0) is 4.79 Å². The fourth-order valence-corrected chi connectivity index (χ4v) is 2.20. The molecule has 0 aliphatic heterocycles. The van der Waals surface area contributed by atoms with Gasteiger partial charge in [-0.2, -0.15) is 0 Å². The molecule has 6 heteroatoms. The number of amides is 3. The highest BCUT2D eigenvalue weighted by atomic mass is 35.5. The van der Waals surface area contributed by atoms with Crippen molar-refractivity contribution in [3.8, 4) is 0 Å². The molecule has 1 saturated carbocycles. The molecular weight excluding hydrogens is 254 g/mol. The lowest BCUT2D eigenvalue weighted by Gasteiger charge is -2.49. The molecular formula is C12H22ClN3O2. The summed E-state index contributed by atoms with van der Waals surface area (Å²) in [6, 6.07) is -0.388. The molecule has 1 N–H and O–H groups in total. The molecule has 1 fully saturated rings. The average molecular weight is 276 g/mol. The van der Waals surface area contributed by atoms with E-state index in [4.69, 9.17) is 11.6 Å². The number of hydrogen-bond acceptors (Lipinski definition) is 3. The Morgan fingerprint density at radius 1 is 1.33 bits per heavy atom. The molecule has 0 heterocycles. The predicted molar refractivity (Wildman–Crippen MR) is 71.8 cm³/mol. The number of carbonyl (C=O) groups excluding carboxylic acids is 2. The smallest absolute Gasteiger partial charge is 0.323 e. The number of alkyl halides is 1. The van der Waals surface area contributed by atoms with Gasteiger partial charge in [0.15, 0.2) is 0 Å². The van der Waals surface area contributed by atoms with Gasteiger partial charge in [0, 0.05) is 19.1 Å². The minimum Gasteiger partial charge on any atom is -0.326 e. The third kappa shape index (κ3) is 3.36. The number of carbonyl (C=O) groups is 2. The van der Waals surface area contributed by atoms with Crippen molar-refractivity contribution in [1.29, 1.82) is 0 Å². The second-order valence-electron chi connectivity index (χ2n) is 5.24. The Kier molecular flexibility index (Phi) is 4.99. The molecule has 0 aromatic rings. The zero-order valence-corrected chi connectivity index (χ0v) is 12.3. The highest BCUT2D eigenvalue weighted by molar-refractivity contribution is 6.31. The molecule has 0 radical (unpaired) electrons. The maximum absolute atomic E-state index is 11.8. The van der Waals surface area contributed by atoms with Crippen LogP contribution in [0.15, 0.2) is 0 Å². The summed E-state index contributed by atoms with van der Waals surface area (Å²) in [7, 11) is 5.75. The van der Waals surface area contributed by atoms with Crippen LogP contribution in [-0.4, -0.2) is 60.3 Å². The lowest BCUT2D eigenvalue weighted by Crippen LogP contribution is -2.59. The van der Waals surface area contributed by atoms with Gasteiger partial charge in [0.1, 0.15) is 5.38 Å². The van der Waals surface area contributed by atoms with Gasteiger partial charge >= 0.3 is 6.03 Å². The van der Waals surface area contributed by atoms with Crippen LogP contribution in [0, 0.1) is 0 Å². The van der Waals surface area contributed by atoms with Crippen molar-refractivity contribution in [2.75, 3.05) is 27.7 Å². The second kappa shape index (κ2) is 5.89. The molecule has 1 aliphatic carbocycles. The van der Waals surface area contributed by atoms with Crippen molar-refractivity contribution in [2.24, 2.45) is 0 Å². The van der Waals surface area contributed by atoms with Crippen molar-refractivity contribution in [2.45, 2.75) is 37.1 Å². The van der Waals surface area contributed by atoms with Gasteiger partial charge in [-0.15, -0.1) is 11.6 Å². The molecule has 0 bridgehead atoms. The molecule has 0 aromatic carbocycles. The van der Waals surface area contributed by atoms with Gasteiger partial charge < -0.3 is 9.80 Å². The Morgan fingerprint density at radius 2 is 1.89 bits per heavy atom. The predicted octanol–water partition coefficient (Wildman–Crippen LogP) is 1.27. The van der Waals surface area contributed by atoms with E-state index >= 15 is 0 Å². The molecule has 104 valence electrons. The third-order valence-corrected chi connectivity index (χ3v) is 3.90. The second-order valence-corrected chi connectivity index (χ2v) is 5.89. The lowest BCUT2D eigenvalue weighted by atomic mass is 9.75. The highest BCUT2D eigenvalue weighted by Crippen LogP contribution is 2.36. The summed E-state index contributed by atoms with van der Waals surface area (Å²) in [5.74, 6) is -0.457. The number of imide groups is 1. The number of likely N-dealkylation sites (N-methyl/N-ethyl adjacent to an activating group) is 2. The van der Waals surface area contributed by atoms with Crippen molar-refractivity contribution in [1.82, 2.24) is 15.1 Å². The Hall–Kier alpha value is -0.810. The Morgan fingerprint density at radius 3 is 2.22 bits per heavy atom. The van der Waals surface area contributed by atoms with Crippen LogP contribution in [0.5, 0.6) is 0 Å². The molecule has 1 unspecified atom stereocenters. The van der Waals surface area contributed by atoms with E-state index in [-0.39, 0.29) is 11.6 Å². The summed E-state index contributed by atoms with van der Waals surface area (Å²) >= 11 is 5.61. The van der Waals surface area contributed by atoms with Gasteiger partial charge in [0.2, 0.25) is 5.91 Å². The highest BCUT2D eigenvalue weighted by Gasteiger charge is 2.40. The minimum absolute atomic E-state index is 0.0573. The average Bonchev–Trinajstić information content (AvgIpc) is 2.21. The van der Waals surface area contributed by atoms with Crippen molar-refractivity contribution in [3.05, 3.63) is 0 Å². The topological polar surface area (TPSA) is 52.7 Å². The van der Waals surface area contributed by atoms with Crippen LogP contribution >= 0.6 is 11.6 Å². The molecule has 1 rings (SSSR count). The molecule has 5 nitrogen and oxygen atoms in total. The summed E-state index contributed by atoms with van der Waals surface area (Å²) < 4.78 is 0. The van der Waals surface area contributed by atoms with Gasteiger partial charge in [-0.05, 0) is 40.3 Å². The molecule has 18 heavy (non-hydrogen) atoms. The number of rotatable bonds is 4. The van der Waals surface area contributed by atoms with Gasteiger partial charge in [0.05, 0.1) is 0 Å². The van der Waals surface area contributed by atoms with E-state index in [1.54, 1.807) is 11.9 Å². The van der Waals surface area contributed by atoms with Crippen molar-refractivity contribution >= 4 is 23.5 Å². The fourth-order valence-electron chi connectivity index (χ4n) is 2.15. The quantitative estimate of drug-likeness (QED) is 0.786. The van der Waals surface area contributed by atoms with E-state index in [9.17, 15) is 9.59 Å². The molecule has 0 spiro atoms. The maximum atomic E-state index is 11.8. The van der Waals surface area contributed by atoms with Gasteiger partial charge in [-0.3, -0.25) is 10.1 Å². The third-order valence-electron chi connectivity index (χ3n) is 3.70. The first-order chi connectivity index (χ1) is 8.28. The Bertz CT molecular complexity index is 327. The molecule has 3 amide bonds. The fraction of sp³-hybridized carbons (Fsp3) is 0.833. The van der Waals surface area contributed by atoms with Crippen LogP contribution in [0.3, 0.4) is 0 Å². The van der Waals surface area contributed by atoms with Gasteiger partial charge in [-0.1, -0.05) is 0 Å². The number of urea groups is 1. The number of nitrogens with zero attached hydrogens (tertiary/aromatic N) is 2. The summed E-state index contributed by atoms with van der Waals surface area (Å²) in [5, 5.41) is 1.59. The van der Waals surface area contributed by atoms with Crippen LogP contribution in [0.2, 0.25) is 0 Å². The first-order valence-electron chi connectivity index (χ1n) is 6.16. The van der Waals surface area contributed by atoms with Crippen molar-refractivity contribution < 1.29 is 9.59 Å². The standard InChI is InChI=1S/C12H22ClN3O2/c1-9(13)10(17)14-11(18)16(4)8-12(15(2)3)6-5-7-12/h9H,5-8H2,1-4H3,(H,14,17,18). The normalized spacial score (nSPS) is 19.0. The van der Waals surface area contributed by atoms with Crippen LogP contribution in [0.4, 0.5) is 4.79 Å². The lowest BCUT2D eigenvalue weighted by molar-refractivity contribution is -0.119. The monoisotopic (exact) mass is 275 g/mol. The van der Waals surface area contributed by atoms with E-state index < -0.39 is 11.3 Å². The minimum atomic E-state index is -0.700. The molecule has 1 atom stereocenters. The first kappa shape index (κ1) is 15.2. The number of halogens is 1. The van der Waals surface area contributed by atoms with E-state index in [0.717, 1.165) is 12.8 Å². The molecule has 0 aromatic heterocycles.